The summed E-state index contributed by atoms with van der Waals surface area (Å²) in [6, 6.07) is 13.1. The van der Waals surface area contributed by atoms with Crippen LogP contribution in [0.2, 0.25) is 0 Å². The fraction of sp³-hybridized carbons (Fsp3) is 0.435. The summed E-state index contributed by atoms with van der Waals surface area (Å²) in [4.78, 5) is 43.6. The topological polar surface area (TPSA) is 65.9 Å². The third-order valence-electron chi connectivity index (χ3n) is 6.11. The highest BCUT2D eigenvalue weighted by molar-refractivity contribution is 5.94. The Bertz CT molecular complexity index is 964. The molecule has 3 heterocycles. The van der Waals surface area contributed by atoms with Gasteiger partial charge in [0, 0.05) is 64.1 Å². The van der Waals surface area contributed by atoms with Crippen molar-refractivity contribution in [1.82, 2.24) is 19.3 Å². The maximum absolute atomic E-state index is 13.1. The Hall–Kier alpha value is -2.93. The van der Waals surface area contributed by atoms with Gasteiger partial charge in [-0.3, -0.25) is 19.3 Å². The van der Waals surface area contributed by atoms with Crippen molar-refractivity contribution in [1.29, 1.82) is 0 Å². The lowest BCUT2D eigenvalue weighted by Crippen LogP contribution is -2.58. The lowest BCUT2D eigenvalue weighted by Gasteiger charge is -2.42. The van der Waals surface area contributed by atoms with Crippen LogP contribution in [0.15, 0.2) is 53.5 Å². The molecular formula is C23H28N4O3. The molecule has 158 valence electrons. The maximum atomic E-state index is 13.1. The number of aryl methyl sites for hydroxylation is 1. The number of aromatic nitrogens is 1. The van der Waals surface area contributed by atoms with Crippen molar-refractivity contribution in [2.45, 2.75) is 25.4 Å². The van der Waals surface area contributed by atoms with Gasteiger partial charge in [-0.15, -0.1) is 0 Å². The third-order valence-corrected chi connectivity index (χ3v) is 6.11. The largest absolute Gasteiger partial charge is 0.337 e. The minimum atomic E-state index is -0.189. The van der Waals surface area contributed by atoms with E-state index >= 15 is 0 Å². The lowest BCUT2D eigenvalue weighted by atomic mass is 10.0. The number of likely N-dealkylation sites (tertiary alicyclic amines) is 1. The standard InChI is InChI=1S/C23H28N4O3/c1-24-11-9-19(16-21(24)28)22(29)26-14-12-25(13-15-26)20-8-5-10-27(23(20)30)17-18-6-3-2-4-7-18/h2-4,6-7,9,11,16,20H,5,8,10,12-15,17H2,1H3/t20-/m0/s1. The highest BCUT2D eigenvalue weighted by Crippen LogP contribution is 2.21. The van der Waals surface area contributed by atoms with Gasteiger partial charge in [0.25, 0.3) is 11.5 Å². The molecule has 0 unspecified atom stereocenters. The number of carbonyl (C=O) groups is 2. The Morgan fingerprint density at radius 1 is 1.00 bits per heavy atom. The molecule has 2 amide bonds. The van der Waals surface area contributed by atoms with Crippen molar-refractivity contribution in [3.8, 4) is 0 Å². The summed E-state index contributed by atoms with van der Waals surface area (Å²) in [5.41, 5.74) is 1.39. The molecule has 7 heteroatoms. The van der Waals surface area contributed by atoms with Crippen LogP contribution in [0.5, 0.6) is 0 Å². The Morgan fingerprint density at radius 3 is 2.43 bits per heavy atom. The third kappa shape index (κ3) is 4.31. The molecule has 0 aliphatic carbocycles. The van der Waals surface area contributed by atoms with Crippen molar-refractivity contribution in [3.05, 3.63) is 70.1 Å². The van der Waals surface area contributed by atoms with Crippen LogP contribution in [0.1, 0.15) is 28.8 Å². The molecule has 1 atom stereocenters. The number of piperazine rings is 1. The van der Waals surface area contributed by atoms with Crippen molar-refractivity contribution in [2.24, 2.45) is 7.05 Å². The zero-order chi connectivity index (χ0) is 21.1. The van der Waals surface area contributed by atoms with E-state index in [2.05, 4.69) is 17.0 Å². The summed E-state index contributed by atoms with van der Waals surface area (Å²) in [5.74, 6) is 0.0736. The number of piperidine rings is 1. The van der Waals surface area contributed by atoms with Crippen LogP contribution in [0.4, 0.5) is 0 Å². The van der Waals surface area contributed by atoms with Gasteiger partial charge in [-0.2, -0.15) is 0 Å². The van der Waals surface area contributed by atoms with Crippen LogP contribution in [-0.2, 0) is 18.4 Å². The van der Waals surface area contributed by atoms with E-state index in [0.29, 0.717) is 38.3 Å². The first kappa shape index (κ1) is 20.3. The quantitative estimate of drug-likeness (QED) is 0.766. The normalized spacial score (nSPS) is 20.4. The fourth-order valence-corrected chi connectivity index (χ4v) is 4.32. The number of pyridine rings is 1. The van der Waals surface area contributed by atoms with Gasteiger partial charge in [0.15, 0.2) is 0 Å². The van der Waals surface area contributed by atoms with E-state index in [1.807, 2.05) is 23.1 Å². The molecule has 0 N–H and O–H groups in total. The molecule has 1 aromatic carbocycles. The highest BCUT2D eigenvalue weighted by Gasteiger charge is 2.35. The second-order valence-corrected chi connectivity index (χ2v) is 8.10. The van der Waals surface area contributed by atoms with Crippen LogP contribution in [-0.4, -0.2) is 69.8 Å². The average molecular weight is 409 g/mol. The first-order chi connectivity index (χ1) is 14.5. The second-order valence-electron chi connectivity index (χ2n) is 8.10. The molecule has 2 aliphatic heterocycles. The molecule has 0 saturated carbocycles. The number of carbonyl (C=O) groups excluding carboxylic acids is 2. The Kier molecular flexibility index (Phi) is 5.99. The van der Waals surface area contributed by atoms with Gasteiger partial charge >= 0.3 is 0 Å². The van der Waals surface area contributed by atoms with E-state index < -0.39 is 0 Å². The van der Waals surface area contributed by atoms with Gasteiger partial charge < -0.3 is 14.4 Å². The van der Waals surface area contributed by atoms with Crippen molar-refractivity contribution in [2.75, 3.05) is 32.7 Å². The molecule has 4 rings (SSSR count). The van der Waals surface area contributed by atoms with Gasteiger partial charge in [0.2, 0.25) is 5.91 Å². The summed E-state index contributed by atoms with van der Waals surface area (Å²) >= 11 is 0. The summed E-state index contributed by atoms with van der Waals surface area (Å²) in [6.45, 7) is 3.93. The highest BCUT2D eigenvalue weighted by atomic mass is 16.2. The summed E-state index contributed by atoms with van der Waals surface area (Å²) in [5, 5.41) is 0. The molecule has 2 aromatic rings. The van der Waals surface area contributed by atoms with Crippen molar-refractivity contribution >= 4 is 11.8 Å². The van der Waals surface area contributed by atoms with Gasteiger partial charge in [-0.05, 0) is 24.5 Å². The number of nitrogens with zero attached hydrogens (tertiary/aromatic N) is 4. The molecular weight excluding hydrogens is 380 g/mol. The Labute approximate surface area is 176 Å². The molecule has 2 aliphatic rings. The van der Waals surface area contributed by atoms with Crippen LogP contribution < -0.4 is 5.56 Å². The molecule has 0 bridgehead atoms. The Morgan fingerprint density at radius 2 is 1.73 bits per heavy atom. The van der Waals surface area contributed by atoms with E-state index in [1.165, 1.54) is 10.6 Å². The van der Waals surface area contributed by atoms with E-state index in [-0.39, 0.29) is 23.4 Å². The monoisotopic (exact) mass is 408 g/mol. The van der Waals surface area contributed by atoms with Crippen LogP contribution in [0, 0.1) is 0 Å². The zero-order valence-corrected chi connectivity index (χ0v) is 17.4. The number of benzene rings is 1. The summed E-state index contributed by atoms with van der Waals surface area (Å²) in [7, 11) is 1.66. The molecule has 2 fully saturated rings. The average Bonchev–Trinajstić information content (AvgIpc) is 2.77. The molecule has 30 heavy (non-hydrogen) atoms. The molecule has 1 aromatic heterocycles. The summed E-state index contributed by atoms with van der Waals surface area (Å²) in [6.07, 6.45) is 3.48. The predicted molar refractivity (Wildman–Crippen MR) is 114 cm³/mol. The van der Waals surface area contributed by atoms with Gasteiger partial charge in [-0.1, -0.05) is 30.3 Å². The first-order valence-electron chi connectivity index (χ1n) is 10.6. The van der Waals surface area contributed by atoms with Crippen molar-refractivity contribution in [3.63, 3.8) is 0 Å². The smallest absolute Gasteiger partial charge is 0.254 e. The molecule has 7 nitrogen and oxygen atoms in total. The van der Waals surface area contributed by atoms with E-state index in [4.69, 9.17) is 0 Å². The van der Waals surface area contributed by atoms with E-state index in [1.54, 1.807) is 24.2 Å². The van der Waals surface area contributed by atoms with E-state index in [9.17, 15) is 14.4 Å². The minimum Gasteiger partial charge on any atom is -0.337 e. The van der Waals surface area contributed by atoms with Crippen LogP contribution >= 0.6 is 0 Å². The molecule has 2 saturated heterocycles. The van der Waals surface area contributed by atoms with Gasteiger partial charge in [-0.25, -0.2) is 0 Å². The number of hydrogen-bond donors (Lipinski definition) is 0. The molecule has 0 spiro atoms. The number of hydrogen-bond acceptors (Lipinski definition) is 4. The zero-order valence-electron chi connectivity index (χ0n) is 17.4. The van der Waals surface area contributed by atoms with Crippen LogP contribution in [0.3, 0.4) is 0 Å². The van der Waals surface area contributed by atoms with Gasteiger partial charge in [0.05, 0.1) is 6.04 Å². The number of amides is 2. The second kappa shape index (κ2) is 8.83. The van der Waals surface area contributed by atoms with Crippen molar-refractivity contribution < 1.29 is 9.59 Å². The predicted octanol–water partition coefficient (Wildman–Crippen LogP) is 1.33. The fourth-order valence-electron chi connectivity index (χ4n) is 4.32. The SMILES string of the molecule is Cn1ccc(C(=O)N2CCN([C@H]3CCCN(Cc4ccccc4)C3=O)CC2)cc1=O. The van der Waals surface area contributed by atoms with Crippen LogP contribution in [0.25, 0.3) is 0 Å². The Balaban J connectivity index is 1.36. The molecule has 0 radical (unpaired) electrons. The van der Waals surface area contributed by atoms with E-state index in [0.717, 1.165) is 24.9 Å². The first-order valence-corrected chi connectivity index (χ1v) is 10.6. The minimum absolute atomic E-state index is 0.108. The lowest BCUT2D eigenvalue weighted by molar-refractivity contribution is -0.141. The summed E-state index contributed by atoms with van der Waals surface area (Å²) < 4.78 is 1.45. The van der Waals surface area contributed by atoms with Gasteiger partial charge in [0.1, 0.15) is 0 Å². The number of rotatable bonds is 4. The maximum Gasteiger partial charge on any atom is 0.254 e.